The molecule has 5 nitrogen and oxygen atoms in total. The fraction of sp³-hybridized carbons (Fsp3) is 0. The van der Waals surface area contributed by atoms with E-state index in [1.807, 2.05) is 0 Å². The Morgan fingerprint density at radius 3 is 2.17 bits per heavy atom. The molecule has 3 N–H and O–H groups in total. The molecule has 0 aromatic heterocycles. The van der Waals surface area contributed by atoms with Crippen molar-refractivity contribution in [2.75, 3.05) is 0 Å². The molecule has 0 saturated heterocycles. The van der Waals surface area contributed by atoms with Crippen LogP contribution < -0.4 is 5.43 Å². The molecule has 9 heteroatoms. The lowest BCUT2D eigenvalue weighted by Crippen LogP contribution is -2.18. The van der Waals surface area contributed by atoms with Gasteiger partial charge in [0.1, 0.15) is 11.5 Å². The van der Waals surface area contributed by atoms with Crippen LogP contribution in [0.5, 0.6) is 11.5 Å². The quantitative estimate of drug-likeness (QED) is 0.362. The Morgan fingerprint density at radius 2 is 1.52 bits per heavy atom. The van der Waals surface area contributed by atoms with Crippen LogP contribution >= 0.6 is 63.7 Å². The molecule has 2 rings (SSSR count). The van der Waals surface area contributed by atoms with E-state index in [9.17, 15) is 15.0 Å². The molecule has 0 spiro atoms. The minimum absolute atomic E-state index is 0.000698. The van der Waals surface area contributed by atoms with Crippen LogP contribution in [0.3, 0.4) is 0 Å². The number of benzene rings is 2. The second kappa shape index (κ2) is 7.78. The summed E-state index contributed by atoms with van der Waals surface area (Å²) in [6.45, 7) is 0. The zero-order valence-corrected chi connectivity index (χ0v) is 17.5. The number of phenols is 2. The van der Waals surface area contributed by atoms with Crippen molar-refractivity contribution in [1.82, 2.24) is 5.43 Å². The van der Waals surface area contributed by atoms with Crippen LogP contribution in [0, 0.1) is 0 Å². The largest absolute Gasteiger partial charge is 0.506 e. The number of carbonyl (C=O) groups excluding carboxylic acids is 1. The number of hydrogen-bond donors (Lipinski definition) is 3. The normalized spacial score (nSPS) is 11.0. The SMILES string of the molecule is O=C(N/N=C\c1cc(Br)cc(Br)c1O)c1cc(Br)cc(Br)c1O. The molecule has 2 aromatic carbocycles. The van der Waals surface area contributed by atoms with Crippen LogP contribution in [0.2, 0.25) is 0 Å². The van der Waals surface area contributed by atoms with Crippen molar-refractivity contribution in [1.29, 1.82) is 0 Å². The third-order valence-electron chi connectivity index (χ3n) is 2.70. The van der Waals surface area contributed by atoms with E-state index < -0.39 is 5.91 Å². The van der Waals surface area contributed by atoms with Gasteiger partial charge in [-0.3, -0.25) is 4.79 Å². The lowest BCUT2D eigenvalue weighted by Gasteiger charge is -2.06. The molecular formula is C14H8Br4N2O3. The highest BCUT2D eigenvalue weighted by molar-refractivity contribution is 9.11. The molecule has 0 heterocycles. The highest BCUT2D eigenvalue weighted by atomic mass is 79.9. The number of halogens is 4. The van der Waals surface area contributed by atoms with E-state index in [1.54, 1.807) is 18.2 Å². The predicted molar refractivity (Wildman–Crippen MR) is 102 cm³/mol. The second-order valence-corrected chi connectivity index (χ2v) is 7.85. The first-order chi connectivity index (χ1) is 10.8. The topological polar surface area (TPSA) is 81.9 Å². The first-order valence-corrected chi connectivity index (χ1v) is 9.16. The van der Waals surface area contributed by atoms with Crippen LogP contribution in [0.25, 0.3) is 0 Å². The molecular weight excluding hydrogens is 564 g/mol. The predicted octanol–water partition coefficient (Wildman–Crippen LogP) is 4.91. The minimum Gasteiger partial charge on any atom is -0.506 e. The minimum atomic E-state index is -0.589. The molecule has 2 aromatic rings. The summed E-state index contributed by atoms with van der Waals surface area (Å²) in [4.78, 5) is 12.1. The summed E-state index contributed by atoms with van der Waals surface area (Å²) in [6.07, 6.45) is 1.30. The average molecular weight is 572 g/mol. The van der Waals surface area contributed by atoms with E-state index in [-0.39, 0.29) is 17.1 Å². The number of nitrogens with one attached hydrogen (secondary N) is 1. The molecule has 0 aliphatic carbocycles. The number of aromatic hydroxyl groups is 2. The number of phenolic OH excluding ortho intramolecular Hbond substituents is 2. The summed E-state index contributed by atoms with van der Waals surface area (Å²) >= 11 is 12.9. The van der Waals surface area contributed by atoms with Crippen molar-refractivity contribution < 1.29 is 15.0 Å². The highest BCUT2D eigenvalue weighted by Gasteiger charge is 2.14. The first kappa shape index (κ1) is 18.4. The Bertz CT molecular complexity index is 809. The van der Waals surface area contributed by atoms with Crippen LogP contribution in [0.1, 0.15) is 15.9 Å². The molecule has 1 amide bonds. The Morgan fingerprint density at radius 1 is 0.957 bits per heavy atom. The molecule has 0 unspecified atom stereocenters. The zero-order valence-electron chi connectivity index (χ0n) is 11.1. The van der Waals surface area contributed by atoms with Gasteiger partial charge in [0, 0.05) is 14.5 Å². The summed E-state index contributed by atoms with van der Waals surface area (Å²) in [7, 11) is 0. The fourth-order valence-corrected chi connectivity index (χ4v) is 4.13. The van der Waals surface area contributed by atoms with Gasteiger partial charge in [-0.05, 0) is 56.1 Å². The van der Waals surface area contributed by atoms with Crippen LogP contribution in [-0.4, -0.2) is 22.3 Å². The van der Waals surface area contributed by atoms with Crippen molar-refractivity contribution in [3.05, 3.63) is 53.3 Å². The molecule has 0 saturated carbocycles. The highest BCUT2D eigenvalue weighted by Crippen LogP contribution is 2.32. The molecule has 23 heavy (non-hydrogen) atoms. The van der Waals surface area contributed by atoms with Gasteiger partial charge in [0.15, 0.2) is 0 Å². The summed E-state index contributed by atoms with van der Waals surface area (Å²) in [5, 5.41) is 23.6. The Hall–Kier alpha value is -0.900. The van der Waals surface area contributed by atoms with Crippen LogP contribution in [0.4, 0.5) is 0 Å². The van der Waals surface area contributed by atoms with Gasteiger partial charge in [0.2, 0.25) is 0 Å². The van der Waals surface area contributed by atoms with Gasteiger partial charge in [-0.25, -0.2) is 5.43 Å². The maximum absolute atomic E-state index is 12.1. The smallest absolute Gasteiger partial charge is 0.275 e. The summed E-state index contributed by atoms with van der Waals surface area (Å²) in [6, 6.07) is 6.41. The maximum Gasteiger partial charge on any atom is 0.275 e. The number of carbonyl (C=O) groups is 1. The number of nitrogens with zero attached hydrogens (tertiary/aromatic N) is 1. The van der Waals surface area contributed by atoms with E-state index in [0.29, 0.717) is 19.0 Å². The fourth-order valence-electron chi connectivity index (χ4n) is 1.64. The van der Waals surface area contributed by atoms with Gasteiger partial charge < -0.3 is 10.2 Å². The second-order valence-electron chi connectivity index (χ2n) is 4.31. The standard InChI is InChI=1S/C14H8Br4N2O3/c15-7-1-6(12(21)10(17)3-7)5-19-20-14(23)9-2-8(16)4-11(18)13(9)22/h1-5,21-22H,(H,20,23)/b19-5-. The molecule has 0 radical (unpaired) electrons. The molecule has 0 aliphatic heterocycles. The lowest BCUT2D eigenvalue weighted by molar-refractivity contribution is 0.0952. The van der Waals surface area contributed by atoms with Gasteiger partial charge in [0.05, 0.1) is 20.7 Å². The van der Waals surface area contributed by atoms with Crippen molar-refractivity contribution in [2.24, 2.45) is 5.10 Å². The summed E-state index contributed by atoms with van der Waals surface area (Å²) in [5.41, 5.74) is 2.76. The first-order valence-electron chi connectivity index (χ1n) is 5.99. The van der Waals surface area contributed by atoms with E-state index in [0.717, 1.165) is 4.47 Å². The molecule has 120 valence electrons. The lowest BCUT2D eigenvalue weighted by atomic mass is 10.2. The summed E-state index contributed by atoms with van der Waals surface area (Å²) < 4.78 is 2.25. The van der Waals surface area contributed by atoms with Gasteiger partial charge in [0.25, 0.3) is 5.91 Å². The van der Waals surface area contributed by atoms with Crippen molar-refractivity contribution >= 4 is 75.8 Å². The third-order valence-corrected chi connectivity index (χ3v) is 4.82. The van der Waals surface area contributed by atoms with Gasteiger partial charge in [-0.1, -0.05) is 31.9 Å². The van der Waals surface area contributed by atoms with Crippen LogP contribution in [0.15, 0.2) is 47.3 Å². The van der Waals surface area contributed by atoms with E-state index in [4.69, 9.17) is 0 Å². The maximum atomic E-state index is 12.1. The Kier molecular flexibility index (Phi) is 6.24. The van der Waals surface area contributed by atoms with Gasteiger partial charge in [-0.2, -0.15) is 5.10 Å². The number of hydrogen-bond acceptors (Lipinski definition) is 4. The van der Waals surface area contributed by atoms with E-state index in [2.05, 4.69) is 74.2 Å². The third kappa shape index (κ3) is 4.56. The van der Waals surface area contributed by atoms with Crippen molar-refractivity contribution in [3.63, 3.8) is 0 Å². The average Bonchev–Trinajstić information content (AvgIpc) is 2.47. The Balaban J connectivity index is 2.20. The van der Waals surface area contributed by atoms with E-state index >= 15 is 0 Å². The number of hydrazone groups is 1. The van der Waals surface area contributed by atoms with Gasteiger partial charge >= 0.3 is 0 Å². The van der Waals surface area contributed by atoms with E-state index in [1.165, 1.54) is 12.3 Å². The monoisotopic (exact) mass is 568 g/mol. The Labute approximate surface area is 165 Å². The molecule has 0 atom stereocenters. The van der Waals surface area contributed by atoms with Gasteiger partial charge in [-0.15, -0.1) is 0 Å². The zero-order chi connectivity index (χ0) is 17.1. The number of amides is 1. The molecule has 0 aliphatic rings. The summed E-state index contributed by atoms with van der Waals surface area (Å²) in [5.74, 6) is -0.775. The van der Waals surface area contributed by atoms with Crippen LogP contribution in [-0.2, 0) is 0 Å². The number of rotatable bonds is 3. The molecule has 0 fully saturated rings. The molecule has 0 bridgehead atoms. The van der Waals surface area contributed by atoms with Crippen molar-refractivity contribution in [3.8, 4) is 11.5 Å². The van der Waals surface area contributed by atoms with Crippen molar-refractivity contribution in [2.45, 2.75) is 0 Å².